The Morgan fingerprint density at radius 3 is 1.81 bits per heavy atom. The predicted octanol–water partition coefficient (Wildman–Crippen LogP) is 18.7. The molecule has 3 heterocycles. The summed E-state index contributed by atoms with van der Waals surface area (Å²) in [6.45, 7) is 0. The van der Waals surface area contributed by atoms with E-state index in [0.29, 0.717) is 0 Å². The molecule has 68 heavy (non-hydrogen) atoms. The van der Waals surface area contributed by atoms with Crippen LogP contribution in [0.15, 0.2) is 247 Å². The first-order valence-corrected chi connectivity index (χ1v) is 24.0. The lowest BCUT2D eigenvalue weighted by Crippen LogP contribution is -2.10. The Hall–Kier alpha value is -8.70. The number of nitrogens with zero attached hydrogens (tertiary/aromatic N) is 2. The van der Waals surface area contributed by atoms with Gasteiger partial charge in [0.2, 0.25) is 0 Å². The molecule has 14 rings (SSSR count). The smallest absolute Gasteiger partial charge is 0.143 e. The van der Waals surface area contributed by atoms with E-state index in [1.807, 2.05) is 11.3 Å². The highest BCUT2D eigenvalue weighted by Gasteiger charge is 2.22. The van der Waals surface area contributed by atoms with E-state index in [9.17, 15) is 0 Å². The van der Waals surface area contributed by atoms with Gasteiger partial charge in [0.15, 0.2) is 0 Å². The second-order valence-electron chi connectivity index (χ2n) is 17.7. The summed E-state index contributed by atoms with van der Waals surface area (Å²) in [5.74, 6) is 0. The molecular formula is C64H40N2OS. The SMILES string of the molecule is c1cc(-c2ccc3ccccc3c2)cc(N(c2ccc(-c3ccc4sc5ccccc5c4c3)cc2)c2cc(-c3cccc(-n4c5ccccc5c5ccccc54)c3)c3oc4ccccc4c3c2)c1. The summed E-state index contributed by atoms with van der Waals surface area (Å²) < 4.78 is 11.9. The lowest BCUT2D eigenvalue weighted by Gasteiger charge is -2.27. The minimum absolute atomic E-state index is 0.865. The Balaban J connectivity index is 0.967. The van der Waals surface area contributed by atoms with Crippen molar-refractivity contribution in [2.24, 2.45) is 0 Å². The molecule has 3 aromatic heterocycles. The van der Waals surface area contributed by atoms with E-state index in [1.165, 1.54) is 69.4 Å². The summed E-state index contributed by atoms with van der Waals surface area (Å²) in [5, 5.41) is 9.69. The number of thiophene rings is 1. The molecule has 4 heteroatoms. The molecule has 0 N–H and O–H groups in total. The number of furan rings is 1. The zero-order valence-electron chi connectivity index (χ0n) is 36.8. The van der Waals surface area contributed by atoms with Crippen molar-refractivity contribution in [3.63, 3.8) is 0 Å². The summed E-state index contributed by atoms with van der Waals surface area (Å²) in [6.07, 6.45) is 0. The van der Waals surface area contributed by atoms with Crippen LogP contribution in [0.2, 0.25) is 0 Å². The molecular weight excluding hydrogens is 845 g/mol. The molecule has 318 valence electrons. The number of hydrogen-bond donors (Lipinski definition) is 0. The van der Waals surface area contributed by atoms with Crippen LogP contribution in [0.25, 0.3) is 114 Å². The first kappa shape index (κ1) is 38.6. The Bertz CT molecular complexity index is 4230. The van der Waals surface area contributed by atoms with Crippen molar-refractivity contribution in [3.05, 3.63) is 243 Å². The van der Waals surface area contributed by atoms with Gasteiger partial charge in [0.1, 0.15) is 11.2 Å². The van der Waals surface area contributed by atoms with Crippen LogP contribution >= 0.6 is 11.3 Å². The van der Waals surface area contributed by atoms with E-state index in [0.717, 1.165) is 61.4 Å². The van der Waals surface area contributed by atoms with Gasteiger partial charge in [-0.15, -0.1) is 11.3 Å². The molecule has 0 saturated carbocycles. The summed E-state index contributed by atoms with van der Waals surface area (Å²) in [4.78, 5) is 2.41. The van der Waals surface area contributed by atoms with Crippen LogP contribution in [0, 0.1) is 0 Å². The molecule has 0 bridgehead atoms. The number of para-hydroxylation sites is 3. The molecule has 0 unspecified atom stereocenters. The average molecular weight is 885 g/mol. The van der Waals surface area contributed by atoms with Crippen LogP contribution in [0.3, 0.4) is 0 Å². The Kier molecular flexibility index (Phi) is 8.76. The van der Waals surface area contributed by atoms with Crippen molar-refractivity contribution < 1.29 is 4.42 Å². The van der Waals surface area contributed by atoms with Crippen molar-refractivity contribution in [2.45, 2.75) is 0 Å². The van der Waals surface area contributed by atoms with Crippen LogP contribution in [-0.4, -0.2) is 4.57 Å². The first-order chi connectivity index (χ1) is 33.7. The number of fused-ring (bicyclic) bond motifs is 10. The molecule has 0 radical (unpaired) electrons. The van der Waals surface area contributed by atoms with E-state index < -0.39 is 0 Å². The van der Waals surface area contributed by atoms with Gasteiger partial charge in [-0.25, -0.2) is 0 Å². The van der Waals surface area contributed by atoms with Gasteiger partial charge in [-0.05, 0) is 130 Å². The molecule has 14 aromatic rings. The Labute approximate surface area is 396 Å². The molecule has 3 nitrogen and oxygen atoms in total. The highest BCUT2D eigenvalue weighted by Crippen LogP contribution is 2.45. The van der Waals surface area contributed by atoms with Gasteiger partial charge in [-0.2, -0.15) is 0 Å². The number of benzene rings is 11. The highest BCUT2D eigenvalue weighted by atomic mass is 32.1. The summed E-state index contributed by atoms with van der Waals surface area (Å²) in [5.41, 5.74) is 15.2. The summed E-state index contributed by atoms with van der Waals surface area (Å²) >= 11 is 1.85. The minimum atomic E-state index is 0.865. The maximum atomic E-state index is 6.86. The van der Waals surface area contributed by atoms with Gasteiger partial charge in [0.05, 0.1) is 11.0 Å². The Morgan fingerprint density at radius 2 is 0.971 bits per heavy atom. The quantitative estimate of drug-likeness (QED) is 0.159. The average Bonchev–Trinajstić information content (AvgIpc) is 4.08. The third kappa shape index (κ3) is 6.26. The molecule has 0 aliphatic heterocycles. The summed E-state index contributed by atoms with van der Waals surface area (Å²) in [6, 6.07) is 88.4. The molecule has 11 aromatic carbocycles. The van der Waals surface area contributed by atoms with Crippen molar-refractivity contribution in [2.75, 3.05) is 4.90 Å². The fourth-order valence-corrected chi connectivity index (χ4v) is 11.6. The van der Waals surface area contributed by atoms with Gasteiger partial charge in [-0.1, -0.05) is 152 Å². The summed E-state index contributed by atoms with van der Waals surface area (Å²) in [7, 11) is 0. The van der Waals surface area contributed by atoms with Crippen LogP contribution in [0.5, 0.6) is 0 Å². The number of anilines is 3. The van der Waals surface area contributed by atoms with Crippen LogP contribution < -0.4 is 4.90 Å². The van der Waals surface area contributed by atoms with Gasteiger partial charge in [-0.3, -0.25) is 0 Å². The van der Waals surface area contributed by atoms with E-state index in [-0.39, 0.29) is 0 Å². The third-order valence-corrected chi connectivity index (χ3v) is 14.9. The van der Waals surface area contributed by atoms with Crippen molar-refractivity contribution in [1.82, 2.24) is 4.57 Å². The fraction of sp³-hybridized carbons (Fsp3) is 0. The molecule has 0 spiro atoms. The third-order valence-electron chi connectivity index (χ3n) is 13.7. The van der Waals surface area contributed by atoms with Crippen molar-refractivity contribution in [3.8, 4) is 39.1 Å². The van der Waals surface area contributed by atoms with E-state index in [1.54, 1.807) is 0 Å². The van der Waals surface area contributed by atoms with Gasteiger partial charge < -0.3 is 13.9 Å². The zero-order chi connectivity index (χ0) is 44.7. The second kappa shape index (κ2) is 15.5. The van der Waals surface area contributed by atoms with E-state index in [2.05, 4.69) is 252 Å². The largest absolute Gasteiger partial charge is 0.455 e. The number of aromatic nitrogens is 1. The normalized spacial score (nSPS) is 11.8. The van der Waals surface area contributed by atoms with Crippen molar-refractivity contribution >= 4 is 103 Å². The Morgan fingerprint density at radius 1 is 0.338 bits per heavy atom. The predicted molar refractivity (Wildman–Crippen MR) is 289 cm³/mol. The standard InChI is InChI=1S/C64H40N2OS/c1-2-14-43-35-45(28-27-41(43)13-1)44-15-11-17-49(36-44)65(48-32-29-42(30-33-48)46-31-34-63-57(38-46)55-22-6-10-26-62(55)68-63)51-39-56(64-58(40-51)54-21-5-9-25-61(54)67-64)47-16-12-18-50(37-47)66-59-23-7-3-19-52(59)53-20-4-8-24-60(53)66/h1-40H. The van der Waals surface area contributed by atoms with Gasteiger partial charge in [0.25, 0.3) is 0 Å². The topological polar surface area (TPSA) is 21.3 Å². The number of hydrogen-bond acceptors (Lipinski definition) is 3. The monoisotopic (exact) mass is 884 g/mol. The maximum Gasteiger partial charge on any atom is 0.143 e. The lowest BCUT2D eigenvalue weighted by molar-refractivity contribution is 0.670. The van der Waals surface area contributed by atoms with Gasteiger partial charge >= 0.3 is 0 Å². The van der Waals surface area contributed by atoms with Crippen LogP contribution in [0.1, 0.15) is 0 Å². The highest BCUT2D eigenvalue weighted by molar-refractivity contribution is 7.25. The molecule has 0 fully saturated rings. The first-order valence-electron chi connectivity index (χ1n) is 23.1. The van der Waals surface area contributed by atoms with Crippen molar-refractivity contribution in [1.29, 1.82) is 0 Å². The van der Waals surface area contributed by atoms with Crippen LogP contribution in [0.4, 0.5) is 17.1 Å². The lowest BCUT2D eigenvalue weighted by atomic mass is 9.98. The molecule has 0 aliphatic rings. The molecule has 0 aliphatic carbocycles. The number of rotatable bonds is 7. The molecule has 0 amide bonds. The van der Waals surface area contributed by atoms with E-state index >= 15 is 0 Å². The second-order valence-corrected chi connectivity index (χ2v) is 18.8. The minimum Gasteiger partial charge on any atom is -0.455 e. The fourth-order valence-electron chi connectivity index (χ4n) is 10.5. The van der Waals surface area contributed by atoms with Crippen LogP contribution in [-0.2, 0) is 0 Å². The zero-order valence-corrected chi connectivity index (χ0v) is 37.6. The maximum absolute atomic E-state index is 6.86. The molecule has 0 saturated heterocycles. The van der Waals surface area contributed by atoms with E-state index in [4.69, 9.17) is 4.42 Å². The van der Waals surface area contributed by atoms with Gasteiger partial charge in [0, 0.05) is 70.0 Å². The molecule has 0 atom stereocenters.